The fourth-order valence-corrected chi connectivity index (χ4v) is 5.61. The number of rotatable bonds is 4. The highest BCUT2D eigenvalue weighted by Gasteiger charge is 2.47. The van der Waals surface area contributed by atoms with E-state index < -0.39 is 33.3 Å². The number of sulfonamides is 1. The first-order chi connectivity index (χ1) is 10.8. The topological polar surface area (TPSA) is 98.8 Å². The zero-order valence-corrected chi connectivity index (χ0v) is 14.2. The fraction of sp³-hybridized carbons (Fsp3) is 0.857. The van der Waals surface area contributed by atoms with Crippen molar-refractivity contribution >= 4 is 22.0 Å². The molecule has 130 valence electrons. The van der Waals surface area contributed by atoms with Crippen LogP contribution in [0.15, 0.2) is 0 Å². The van der Waals surface area contributed by atoms with Crippen molar-refractivity contribution in [2.75, 3.05) is 31.9 Å². The maximum Gasteiger partial charge on any atom is 0.322 e. The Morgan fingerprint density at radius 1 is 1.13 bits per heavy atom. The highest BCUT2D eigenvalue weighted by atomic mass is 32.2. The van der Waals surface area contributed by atoms with E-state index in [0.29, 0.717) is 19.1 Å². The van der Waals surface area contributed by atoms with Gasteiger partial charge in [-0.1, -0.05) is 0 Å². The van der Waals surface area contributed by atoms with Crippen LogP contribution in [-0.4, -0.2) is 73.1 Å². The number of nitrogens with zero attached hydrogens (tertiary/aromatic N) is 2. The van der Waals surface area contributed by atoms with E-state index in [9.17, 15) is 18.0 Å². The van der Waals surface area contributed by atoms with Crippen molar-refractivity contribution in [3.05, 3.63) is 0 Å². The van der Waals surface area contributed by atoms with Gasteiger partial charge in [-0.3, -0.25) is 10.1 Å². The predicted molar refractivity (Wildman–Crippen MR) is 84.3 cm³/mol. The first-order valence-corrected chi connectivity index (χ1v) is 9.77. The minimum absolute atomic E-state index is 0.397. The molecule has 3 rings (SSSR count). The minimum atomic E-state index is -3.59. The monoisotopic (exact) mass is 344 g/mol. The third-order valence-corrected chi connectivity index (χ3v) is 7.16. The standard InChI is InChI=1S/C14H24N4O4S/c1-14(12(19)15-13(20)16-14)10-23(21,22)18-8-4-11(5-9-18)17-6-2-3-7-17/h11H,2-10H2,1H3,(H2,15,16,19,20)/t14-/m1/s1. The third kappa shape index (κ3) is 3.36. The third-order valence-electron chi connectivity index (χ3n) is 5.06. The van der Waals surface area contributed by atoms with E-state index in [1.54, 1.807) is 0 Å². The molecule has 9 heteroatoms. The minimum Gasteiger partial charge on any atom is -0.322 e. The smallest absolute Gasteiger partial charge is 0.322 e. The second-order valence-corrected chi connectivity index (χ2v) is 8.84. The highest BCUT2D eigenvalue weighted by Crippen LogP contribution is 2.24. The number of likely N-dealkylation sites (tertiary alicyclic amines) is 1. The van der Waals surface area contributed by atoms with Gasteiger partial charge in [0.15, 0.2) is 0 Å². The first kappa shape index (κ1) is 16.7. The normalized spacial score (nSPS) is 31.3. The molecule has 0 aromatic heterocycles. The summed E-state index contributed by atoms with van der Waals surface area (Å²) in [5.41, 5.74) is -1.39. The molecule has 3 heterocycles. The van der Waals surface area contributed by atoms with Gasteiger partial charge in [0.25, 0.3) is 5.91 Å². The van der Waals surface area contributed by atoms with Crippen LogP contribution in [0.3, 0.4) is 0 Å². The molecule has 0 saturated carbocycles. The lowest BCUT2D eigenvalue weighted by Crippen LogP contribution is -2.54. The van der Waals surface area contributed by atoms with Crippen molar-refractivity contribution in [3.8, 4) is 0 Å². The van der Waals surface area contributed by atoms with Gasteiger partial charge in [0, 0.05) is 19.1 Å². The summed E-state index contributed by atoms with van der Waals surface area (Å²) in [5, 5.41) is 4.51. The lowest BCUT2D eigenvalue weighted by molar-refractivity contribution is -0.122. The lowest BCUT2D eigenvalue weighted by atomic mass is 10.1. The molecule has 0 bridgehead atoms. The quantitative estimate of drug-likeness (QED) is 0.668. The van der Waals surface area contributed by atoms with Crippen LogP contribution in [0, 0.1) is 0 Å². The number of urea groups is 1. The molecule has 0 aromatic carbocycles. The van der Waals surface area contributed by atoms with E-state index in [1.165, 1.54) is 24.1 Å². The van der Waals surface area contributed by atoms with Crippen LogP contribution in [0.25, 0.3) is 0 Å². The van der Waals surface area contributed by atoms with Gasteiger partial charge in [-0.15, -0.1) is 0 Å². The Morgan fingerprint density at radius 3 is 2.26 bits per heavy atom. The second kappa shape index (κ2) is 6.03. The molecule has 23 heavy (non-hydrogen) atoms. The van der Waals surface area contributed by atoms with Crippen molar-refractivity contribution in [2.45, 2.75) is 44.2 Å². The predicted octanol–water partition coefficient (Wildman–Crippen LogP) is -0.525. The molecule has 0 radical (unpaired) electrons. The average Bonchev–Trinajstić information content (AvgIpc) is 3.07. The first-order valence-electron chi connectivity index (χ1n) is 8.16. The van der Waals surface area contributed by atoms with Crippen molar-refractivity contribution in [3.63, 3.8) is 0 Å². The van der Waals surface area contributed by atoms with Crippen molar-refractivity contribution in [1.82, 2.24) is 19.8 Å². The Balaban J connectivity index is 1.60. The molecule has 2 N–H and O–H groups in total. The average molecular weight is 344 g/mol. The van der Waals surface area contributed by atoms with Crippen LogP contribution in [-0.2, 0) is 14.8 Å². The van der Waals surface area contributed by atoms with E-state index in [1.807, 2.05) is 0 Å². The van der Waals surface area contributed by atoms with Gasteiger partial charge in [0.1, 0.15) is 5.54 Å². The summed E-state index contributed by atoms with van der Waals surface area (Å²) in [6.45, 7) is 4.63. The Hall–Kier alpha value is -1.19. The van der Waals surface area contributed by atoms with E-state index in [2.05, 4.69) is 15.5 Å². The summed E-state index contributed by atoms with van der Waals surface area (Å²) in [6.07, 6.45) is 4.11. The zero-order chi connectivity index (χ0) is 16.7. The molecule has 3 amide bonds. The van der Waals surface area contributed by atoms with Gasteiger partial charge in [0.05, 0.1) is 5.75 Å². The SMILES string of the molecule is C[C@]1(CS(=O)(=O)N2CCC(N3CCCC3)CC2)NC(=O)NC1=O. The molecular weight excluding hydrogens is 320 g/mol. The Morgan fingerprint density at radius 2 is 1.74 bits per heavy atom. The molecule has 0 aromatic rings. The number of hydrogen-bond acceptors (Lipinski definition) is 5. The molecule has 0 spiro atoms. The van der Waals surface area contributed by atoms with Crippen LogP contribution in [0.5, 0.6) is 0 Å². The molecule has 3 fully saturated rings. The summed E-state index contributed by atoms with van der Waals surface area (Å²) >= 11 is 0. The summed E-state index contributed by atoms with van der Waals surface area (Å²) in [4.78, 5) is 25.5. The van der Waals surface area contributed by atoms with E-state index >= 15 is 0 Å². The van der Waals surface area contributed by atoms with Gasteiger partial charge >= 0.3 is 6.03 Å². The number of carbonyl (C=O) groups excluding carboxylic acids is 2. The van der Waals surface area contributed by atoms with Gasteiger partial charge in [-0.2, -0.15) is 0 Å². The largest absolute Gasteiger partial charge is 0.322 e. The fourth-order valence-electron chi connectivity index (χ4n) is 3.73. The summed E-state index contributed by atoms with van der Waals surface area (Å²) < 4.78 is 26.7. The molecule has 1 atom stereocenters. The van der Waals surface area contributed by atoms with Crippen LogP contribution in [0.1, 0.15) is 32.6 Å². The Bertz CT molecular complexity index is 594. The van der Waals surface area contributed by atoms with E-state index in [0.717, 1.165) is 25.9 Å². The summed E-state index contributed by atoms with van der Waals surface area (Å²) in [5.74, 6) is -0.982. The Kier molecular flexibility index (Phi) is 4.37. The van der Waals surface area contributed by atoms with Gasteiger partial charge in [-0.05, 0) is 45.7 Å². The van der Waals surface area contributed by atoms with Crippen LogP contribution >= 0.6 is 0 Å². The van der Waals surface area contributed by atoms with Crippen molar-refractivity contribution in [2.24, 2.45) is 0 Å². The van der Waals surface area contributed by atoms with Crippen molar-refractivity contribution < 1.29 is 18.0 Å². The van der Waals surface area contributed by atoms with Crippen LogP contribution in [0.2, 0.25) is 0 Å². The molecule has 3 aliphatic rings. The van der Waals surface area contributed by atoms with E-state index in [4.69, 9.17) is 0 Å². The van der Waals surface area contributed by atoms with Crippen LogP contribution in [0.4, 0.5) is 4.79 Å². The number of hydrogen-bond donors (Lipinski definition) is 2. The zero-order valence-electron chi connectivity index (χ0n) is 13.4. The molecular formula is C14H24N4O4S. The van der Waals surface area contributed by atoms with Crippen molar-refractivity contribution in [1.29, 1.82) is 0 Å². The molecule has 0 aliphatic carbocycles. The molecule has 3 aliphatic heterocycles. The van der Waals surface area contributed by atoms with E-state index in [-0.39, 0.29) is 0 Å². The van der Waals surface area contributed by atoms with Gasteiger partial charge in [0.2, 0.25) is 10.0 Å². The second-order valence-electron chi connectivity index (χ2n) is 6.87. The number of imide groups is 1. The maximum atomic E-state index is 12.6. The Labute approximate surface area is 136 Å². The molecule has 3 saturated heterocycles. The molecule has 8 nitrogen and oxygen atoms in total. The number of carbonyl (C=O) groups is 2. The number of nitrogens with one attached hydrogen (secondary N) is 2. The lowest BCUT2D eigenvalue weighted by Gasteiger charge is -2.36. The summed E-state index contributed by atoms with van der Waals surface area (Å²) in [6, 6.07) is -0.172. The number of amides is 3. The van der Waals surface area contributed by atoms with Gasteiger partial charge in [-0.25, -0.2) is 17.5 Å². The molecule has 0 unspecified atom stereocenters. The highest BCUT2D eigenvalue weighted by molar-refractivity contribution is 7.89. The van der Waals surface area contributed by atoms with Crippen LogP contribution < -0.4 is 10.6 Å². The maximum absolute atomic E-state index is 12.6. The van der Waals surface area contributed by atoms with Gasteiger partial charge < -0.3 is 10.2 Å². The number of piperidine rings is 1. The summed E-state index contributed by atoms with van der Waals surface area (Å²) in [7, 11) is -3.59.